The molecule has 6 nitrogen and oxygen atoms in total. The summed E-state index contributed by atoms with van der Waals surface area (Å²) in [5, 5.41) is 3.56. The minimum Gasteiger partial charge on any atom is -0.370 e. The van der Waals surface area contributed by atoms with Crippen LogP contribution >= 0.6 is 0 Å². The van der Waals surface area contributed by atoms with Crippen LogP contribution in [0.2, 0.25) is 0 Å². The number of nitrogens with zero attached hydrogens (tertiary/aromatic N) is 1. The molecule has 1 rings (SSSR count). The minimum atomic E-state index is -0.480. The molecule has 1 heterocycles. The molecule has 0 aliphatic heterocycles. The number of hydrogen-bond acceptors (Lipinski definition) is 5. The van der Waals surface area contributed by atoms with Crippen LogP contribution in [0, 0.1) is 5.92 Å². The van der Waals surface area contributed by atoms with Crippen molar-refractivity contribution in [3.05, 3.63) is 17.5 Å². The maximum Gasteiger partial charge on any atom is 0.287 e. The van der Waals surface area contributed by atoms with Crippen molar-refractivity contribution in [1.82, 2.24) is 10.6 Å². The highest BCUT2D eigenvalue weighted by Crippen LogP contribution is 2.10. The summed E-state index contributed by atoms with van der Waals surface area (Å²) in [6, 6.07) is 1.51. The van der Waals surface area contributed by atoms with Crippen LogP contribution < -0.4 is 11.3 Å². The maximum absolute atomic E-state index is 11.1. The van der Waals surface area contributed by atoms with Gasteiger partial charge in [0.2, 0.25) is 0 Å². The zero-order valence-corrected chi connectivity index (χ0v) is 9.69. The van der Waals surface area contributed by atoms with E-state index in [1.165, 1.54) is 6.07 Å². The second-order valence-electron chi connectivity index (χ2n) is 3.91. The van der Waals surface area contributed by atoms with Crippen molar-refractivity contribution in [3.8, 4) is 0 Å². The van der Waals surface area contributed by atoms with Gasteiger partial charge in [0.25, 0.3) is 5.91 Å². The van der Waals surface area contributed by atoms with E-state index in [1.54, 1.807) is 0 Å². The van der Waals surface area contributed by atoms with Crippen LogP contribution in [0.5, 0.6) is 0 Å². The van der Waals surface area contributed by atoms with E-state index in [-0.39, 0.29) is 11.8 Å². The van der Waals surface area contributed by atoms with E-state index >= 15 is 0 Å². The number of carbonyl (C=O) groups excluding carboxylic acids is 1. The molecule has 90 valence electrons. The second kappa shape index (κ2) is 5.62. The Bertz CT molecular complexity index is 349. The molecule has 0 spiro atoms. The van der Waals surface area contributed by atoms with Crippen LogP contribution in [0.1, 0.15) is 37.0 Å². The van der Waals surface area contributed by atoms with E-state index in [4.69, 9.17) is 15.1 Å². The van der Waals surface area contributed by atoms with E-state index in [1.807, 2.05) is 12.3 Å². The molecule has 0 aromatic carbocycles. The van der Waals surface area contributed by atoms with Crippen LogP contribution in [-0.2, 0) is 11.3 Å². The summed E-state index contributed by atoms with van der Waals surface area (Å²) in [5.41, 5.74) is 2.13. The van der Waals surface area contributed by atoms with Gasteiger partial charge in [-0.25, -0.2) is 5.84 Å². The molecule has 1 unspecified atom stereocenters. The third-order valence-electron chi connectivity index (χ3n) is 2.35. The number of amides is 1. The molecule has 16 heavy (non-hydrogen) atoms. The third kappa shape index (κ3) is 3.32. The van der Waals surface area contributed by atoms with Crippen molar-refractivity contribution in [3.63, 3.8) is 0 Å². The first-order chi connectivity index (χ1) is 7.54. The van der Waals surface area contributed by atoms with Crippen molar-refractivity contribution >= 4 is 5.91 Å². The first kappa shape index (κ1) is 12.7. The first-order valence-corrected chi connectivity index (χ1v) is 5.12. The molecule has 1 aromatic heterocycles. The van der Waals surface area contributed by atoms with Crippen molar-refractivity contribution in [2.24, 2.45) is 11.8 Å². The van der Waals surface area contributed by atoms with Gasteiger partial charge >= 0.3 is 0 Å². The van der Waals surface area contributed by atoms with Crippen molar-refractivity contribution in [1.29, 1.82) is 0 Å². The average molecular weight is 227 g/mol. The molecule has 0 saturated heterocycles. The summed E-state index contributed by atoms with van der Waals surface area (Å²) in [7, 11) is 0. The summed E-state index contributed by atoms with van der Waals surface area (Å²) in [4.78, 5) is 11.1. The molecular formula is C10H17N3O3. The summed E-state index contributed by atoms with van der Waals surface area (Å²) in [6.07, 6.45) is 0.122. The quantitative estimate of drug-likeness (QED) is 0.442. The molecule has 1 amide bonds. The van der Waals surface area contributed by atoms with Gasteiger partial charge in [0, 0.05) is 6.07 Å². The topological polar surface area (TPSA) is 90.4 Å². The van der Waals surface area contributed by atoms with Gasteiger partial charge in [0.15, 0.2) is 11.5 Å². The predicted octanol–water partition coefficient (Wildman–Crippen LogP) is 0.839. The van der Waals surface area contributed by atoms with Crippen LogP contribution in [0.3, 0.4) is 0 Å². The number of nitrogens with one attached hydrogen (secondary N) is 1. The Balaban J connectivity index is 2.49. The van der Waals surface area contributed by atoms with Crippen molar-refractivity contribution < 1.29 is 14.1 Å². The zero-order chi connectivity index (χ0) is 12.1. The highest BCUT2D eigenvalue weighted by molar-refractivity contribution is 5.91. The van der Waals surface area contributed by atoms with Crippen molar-refractivity contribution in [2.75, 3.05) is 0 Å². The Hall–Kier alpha value is -1.40. The van der Waals surface area contributed by atoms with Gasteiger partial charge in [-0.05, 0) is 12.8 Å². The van der Waals surface area contributed by atoms with Gasteiger partial charge in [-0.3, -0.25) is 10.2 Å². The van der Waals surface area contributed by atoms with E-state index in [0.29, 0.717) is 18.3 Å². The van der Waals surface area contributed by atoms with Crippen LogP contribution in [0.25, 0.3) is 0 Å². The Morgan fingerprint density at radius 2 is 2.31 bits per heavy atom. The zero-order valence-electron chi connectivity index (χ0n) is 9.69. The number of rotatable bonds is 5. The predicted molar refractivity (Wildman–Crippen MR) is 57.2 cm³/mol. The number of nitrogen functional groups attached to an aromatic ring is 1. The largest absolute Gasteiger partial charge is 0.370 e. The molecule has 3 N–H and O–H groups in total. The average Bonchev–Trinajstić information content (AvgIpc) is 2.73. The molecule has 0 radical (unpaired) electrons. The van der Waals surface area contributed by atoms with Gasteiger partial charge in [-0.1, -0.05) is 19.0 Å². The van der Waals surface area contributed by atoms with Gasteiger partial charge in [-0.15, -0.1) is 0 Å². The number of hydrogen-bond donors (Lipinski definition) is 2. The van der Waals surface area contributed by atoms with Crippen LogP contribution in [0.4, 0.5) is 0 Å². The summed E-state index contributed by atoms with van der Waals surface area (Å²) < 4.78 is 10.4. The smallest absolute Gasteiger partial charge is 0.287 e. The lowest BCUT2D eigenvalue weighted by molar-refractivity contribution is 0.0127. The Kier molecular flexibility index (Phi) is 4.45. The summed E-state index contributed by atoms with van der Waals surface area (Å²) >= 11 is 0. The molecule has 0 aliphatic rings. The molecular weight excluding hydrogens is 210 g/mol. The fourth-order valence-corrected chi connectivity index (χ4v) is 0.968. The lowest BCUT2D eigenvalue weighted by Gasteiger charge is -2.14. The SMILES string of the molecule is CC(C)C(C)OCc1cc(C(=O)NN)no1. The monoisotopic (exact) mass is 227 g/mol. The number of ether oxygens (including phenoxy) is 1. The molecule has 0 aliphatic carbocycles. The van der Waals surface area contributed by atoms with Gasteiger partial charge in [0.05, 0.1) is 6.10 Å². The standard InChI is InChI=1S/C10H17N3O3/c1-6(2)7(3)15-5-8-4-9(13-16-8)10(14)12-11/h4,6-7H,5,11H2,1-3H3,(H,12,14). The fraction of sp³-hybridized carbons (Fsp3) is 0.600. The second-order valence-corrected chi connectivity index (χ2v) is 3.91. The maximum atomic E-state index is 11.1. The summed E-state index contributed by atoms with van der Waals surface area (Å²) in [6.45, 7) is 6.41. The van der Waals surface area contributed by atoms with Crippen LogP contribution in [-0.4, -0.2) is 17.2 Å². The molecule has 0 bridgehead atoms. The van der Waals surface area contributed by atoms with Crippen LogP contribution in [0.15, 0.2) is 10.6 Å². The normalized spacial score (nSPS) is 12.8. The Morgan fingerprint density at radius 1 is 1.62 bits per heavy atom. The number of carbonyl (C=O) groups is 1. The third-order valence-corrected chi connectivity index (χ3v) is 2.35. The van der Waals surface area contributed by atoms with Gasteiger partial charge < -0.3 is 9.26 Å². The molecule has 0 saturated carbocycles. The Labute approximate surface area is 94.1 Å². The molecule has 1 atom stereocenters. The van der Waals surface area contributed by atoms with E-state index in [2.05, 4.69) is 19.0 Å². The number of nitrogens with two attached hydrogens (primary N) is 1. The molecule has 0 fully saturated rings. The van der Waals surface area contributed by atoms with E-state index in [0.717, 1.165) is 0 Å². The molecule has 1 aromatic rings. The first-order valence-electron chi connectivity index (χ1n) is 5.12. The van der Waals surface area contributed by atoms with Gasteiger partial charge in [0.1, 0.15) is 6.61 Å². The number of hydrazine groups is 1. The number of aromatic nitrogens is 1. The summed E-state index contributed by atoms with van der Waals surface area (Å²) in [5.74, 6) is 5.41. The Morgan fingerprint density at radius 3 is 2.88 bits per heavy atom. The lowest BCUT2D eigenvalue weighted by atomic mass is 10.1. The molecule has 6 heteroatoms. The lowest BCUT2D eigenvalue weighted by Crippen LogP contribution is -2.30. The minimum absolute atomic E-state index is 0.122. The highest BCUT2D eigenvalue weighted by atomic mass is 16.5. The van der Waals surface area contributed by atoms with Gasteiger partial charge in [-0.2, -0.15) is 0 Å². The van der Waals surface area contributed by atoms with E-state index < -0.39 is 5.91 Å². The highest BCUT2D eigenvalue weighted by Gasteiger charge is 2.13. The fourth-order valence-electron chi connectivity index (χ4n) is 0.968. The van der Waals surface area contributed by atoms with E-state index in [9.17, 15) is 4.79 Å². The van der Waals surface area contributed by atoms with Crippen molar-refractivity contribution in [2.45, 2.75) is 33.5 Å².